The number of nitrogens with one attached hydrogen (secondary N) is 1. The van der Waals surface area contributed by atoms with Crippen molar-refractivity contribution in [3.63, 3.8) is 0 Å². The molecule has 0 aromatic heterocycles. The van der Waals surface area contributed by atoms with E-state index in [4.69, 9.17) is 11.6 Å². The minimum atomic E-state index is -4.59. The summed E-state index contributed by atoms with van der Waals surface area (Å²) in [6.07, 6.45) is -4.59. The van der Waals surface area contributed by atoms with Crippen molar-refractivity contribution < 1.29 is 23.1 Å². The fourth-order valence-electron chi connectivity index (χ4n) is 2.85. The lowest BCUT2D eigenvalue weighted by Gasteiger charge is -2.36. The number of amides is 2. The molecule has 1 fully saturated rings. The molecule has 0 spiro atoms. The zero-order valence-corrected chi connectivity index (χ0v) is 14.9. The summed E-state index contributed by atoms with van der Waals surface area (Å²) >= 11 is 5.59. The Labute approximate surface area is 158 Å². The average Bonchev–Trinajstić information content (AvgIpc) is 2.63. The number of anilines is 2. The van der Waals surface area contributed by atoms with E-state index in [1.54, 1.807) is 29.2 Å². The summed E-state index contributed by atoms with van der Waals surface area (Å²) in [7, 11) is 0. The Kier molecular flexibility index (Phi) is 5.36. The maximum absolute atomic E-state index is 12.9. The van der Waals surface area contributed by atoms with Gasteiger partial charge < -0.3 is 20.2 Å². The molecule has 0 atom stereocenters. The number of hydrogen-bond acceptors (Lipinski definition) is 3. The lowest BCUT2D eigenvalue weighted by Crippen LogP contribution is -2.50. The van der Waals surface area contributed by atoms with E-state index >= 15 is 0 Å². The molecule has 5 nitrogen and oxygen atoms in total. The molecule has 2 N–H and O–H groups in total. The van der Waals surface area contributed by atoms with Gasteiger partial charge in [-0.25, -0.2) is 4.79 Å². The van der Waals surface area contributed by atoms with E-state index in [9.17, 15) is 23.1 Å². The maximum atomic E-state index is 12.9. The first-order valence-electron chi connectivity index (χ1n) is 8.21. The summed E-state index contributed by atoms with van der Waals surface area (Å²) in [5.74, 6) is 0.179. The number of hydrogen-bond donors (Lipinski definition) is 2. The predicted molar refractivity (Wildman–Crippen MR) is 97.4 cm³/mol. The third kappa shape index (κ3) is 4.57. The fraction of sp³-hybridized carbons (Fsp3) is 0.278. The normalized spacial score (nSPS) is 15.0. The highest BCUT2D eigenvalue weighted by atomic mass is 35.5. The Balaban J connectivity index is 1.61. The van der Waals surface area contributed by atoms with Gasteiger partial charge in [-0.15, -0.1) is 0 Å². The third-order valence-electron chi connectivity index (χ3n) is 4.30. The summed E-state index contributed by atoms with van der Waals surface area (Å²) < 4.78 is 38.8. The van der Waals surface area contributed by atoms with Crippen LogP contribution >= 0.6 is 11.6 Å². The zero-order valence-electron chi connectivity index (χ0n) is 14.1. The van der Waals surface area contributed by atoms with E-state index in [1.807, 2.05) is 0 Å². The number of halogens is 4. The number of urea groups is 1. The Bertz CT molecular complexity index is 820. The Hall–Kier alpha value is -2.61. The number of carbonyl (C=O) groups excluding carboxylic acids is 1. The van der Waals surface area contributed by atoms with Crippen LogP contribution in [-0.4, -0.2) is 42.2 Å². The monoisotopic (exact) mass is 399 g/mol. The molecule has 0 aliphatic carbocycles. The van der Waals surface area contributed by atoms with Crippen LogP contribution in [0.2, 0.25) is 5.02 Å². The van der Waals surface area contributed by atoms with Gasteiger partial charge in [-0.2, -0.15) is 13.2 Å². The van der Waals surface area contributed by atoms with E-state index in [-0.39, 0.29) is 11.4 Å². The van der Waals surface area contributed by atoms with Crippen molar-refractivity contribution in [3.05, 3.63) is 53.1 Å². The highest BCUT2D eigenvalue weighted by Crippen LogP contribution is 2.36. The SMILES string of the molecule is O=C(Nc1ccc(Cl)c(C(F)(F)F)c1)N1CCN(c2ccc(O)cc2)CC1. The lowest BCUT2D eigenvalue weighted by atomic mass is 10.2. The van der Waals surface area contributed by atoms with E-state index in [0.29, 0.717) is 26.2 Å². The molecule has 3 rings (SSSR count). The Morgan fingerprint density at radius 2 is 1.67 bits per heavy atom. The third-order valence-corrected chi connectivity index (χ3v) is 4.63. The second-order valence-electron chi connectivity index (χ2n) is 6.11. The Morgan fingerprint density at radius 1 is 1.04 bits per heavy atom. The predicted octanol–water partition coefficient (Wildman–Crippen LogP) is 4.42. The van der Waals surface area contributed by atoms with Crippen LogP contribution in [0.5, 0.6) is 5.75 Å². The maximum Gasteiger partial charge on any atom is 0.417 e. The molecular weight excluding hydrogens is 383 g/mol. The second kappa shape index (κ2) is 7.56. The number of aromatic hydroxyl groups is 1. The van der Waals surface area contributed by atoms with Crippen molar-refractivity contribution in [1.82, 2.24) is 4.90 Å². The van der Waals surface area contributed by atoms with Gasteiger partial charge in [0, 0.05) is 37.6 Å². The Morgan fingerprint density at radius 3 is 2.26 bits per heavy atom. The van der Waals surface area contributed by atoms with Crippen molar-refractivity contribution in [2.24, 2.45) is 0 Å². The van der Waals surface area contributed by atoms with Gasteiger partial charge in [-0.1, -0.05) is 11.6 Å². The summed E-state index contributed by atoms with van der Waals surface area (Å²) in [6.45, 7) is 2.00. The molecule has 2 aromatic rings. The molecule has 1 aliphatic rings. The number of benzene rings is 2. The fourth-order valence-corrected chi connectivity index (χ4v) is 3.08. The standard InChI is InChI=1S/C18H17ClF3N3O2/c19-16-6-1-12(11-15(16)18(20,21)22)23-17(27)25-9-7-24(8-10-25)13-2-4-14(26)5-3-13/h1-6,11,26H,7-10H2,(H,23,27). The van der Waals surface area contributed by atoms with E-state index in [0.717, 1.165) is 17.8 Å². The minimum Gasteiger partial charge on any atom is -0.508 e. The molecule has 0 bridgehead atoms. The van der Waals surface area contributed by atoms with Gasteiger partial charge in [-0.05, 0) is 42.5 Å². The molecule has 2 aromatic carbocycles. The molecule has 0 radical (unpaired) electrons. The van der Waals surface area contributed by atoms with Crippen molar-refractivity contribution in [2.75, 3.05) is 36.4 Å². The molecule has 1 saturated heterocycles. The van der Waals surface area contributed by atoms with E-state index in [2.05, 4.69) is 10.2 Å². The van der Waals surface area contributed by atoms with Crippen LogP contribution < -0.4 is 10.2 Å². The quantitative estimate of drug-likeness (QED) is 0.786. The number of nitrogens with zero attached hydrogens (tertiary/aromatic N) is 2. The highest BCUT2D eigenvalue weighted by molar-refractivity contribution is 6.31. The van der Waals surface area contributed by atoms with Crippen LogP contribution in [0.3, 0.4) is 0 Å². The first-order valence-corrected chi connectivity index (χ1v) is 8.58. The summed E-state index contributed by atoms with van der Waals surface area (Å²) in [6, 6.07) is 9.57. The number of alkyl halides is 3. The van der Waals surface area contributed by atoms with Crippen molar-refractivity contribution in [1.29, 1.82) is 0 Å². The molecule has 1 heterocycles. The van der Waals surface area contributed by atoms with Crippen LogP contribution in [0.4, 0.5) is 29.3 Å². The van der Waals surface area contributed by atoms with Crippen molar-refractivity contribution in [2.45, 2.75) is 6.18 Å². The van der Waals surface area contributed by atoms with Crippen molar-refractivity contribution in [3.8, 4) is 5.75 Å². The average molecular weight is 400 g/mol. The molecule has 0 unspecified atom stereocenters. The number of phenols is 1. The van der Waals surface area contributed by atoms with Crippen LogP contribution in [0.15, 0.2) is 42.5 Å². The number of carbonyl (C=O) groups is 1. The summed E-state index contributed by atoms with van der Waals surface area (Å²) in [4.78, 5) is 16.0. The van der Waals surface area contributed by atoms with Crippen LogP contribution in [0, 0.1) is 0 Å². The second-order valence-corrected chi connectivity index (χ2v) is 6.52. The van der Waals surface area contributed by atoms with E-state index < -0.39 is 22.8 Å². The highest BCUT2D eigenvalue weighted by Gasteiger charge is 2.33. The van der Waals surface area contributed by atoms with Crippen LogP contribution in [-0.2, 0) is 6.18 Å². The topological polar surface area (TPSA) is 55.8 Å². The molecular formula is C18H17ClF3N3O2. The molecule has 2 amide bonds. The van der Waals surface area contributed by atoms with Crippen molar-refractivity contribution >= 4 is 29.0 Å². The molecule has 0 saturated carbocycles. The lowest BCUT2D eigenvalue weighted by molar-refractivity contribution is -0.137. The number of piperazine rings is 1. The summed E-state index contributed by atoms with van der Waals surface area (Å²) in [5, 5.41) is 11.4. The molecule has 1 aliphatic heterocycles. The number of rotatable bonds is 2. The van der Waals surface area contributed by atoms with Gasteiger partial charge in [0.2, 0.25) is 0 Å². The molecule has 27 heavy (non-hydrogen) atoms. The summed E-state index contributed by atoms with van der Waals surface area (Å²) in [5.41, 5.74) is -0.0165. The largest absolute Gasteiger partial charge is 0.508 e. The van der Waals surface area contributed by atoms with Gasteiger partial charge in [0.15, 0.2) is 0 Å². The van der Waals surface area contributed by atoms with Gasteiger partial charge >= 0.3 is 12.2 Å². The van der Waals surface area contributed by atoms with Crippen LogP contribution in [0.25, 0.3) is 0 Å². The number of phenolic OH excluding ortho intramolecular Hbond substituents is 1. The van der Waals surface area contributed by atoms with Gasteiger partial charge in [-0.3, -0.25) is 0 Å². The van der Waals surface area contributed by atoms with Crippen LogP contribution in [0.1, 0.15) is 5.56 Å². The first kappa shape index (κ1) is 19.2. The van der Waals surface area contributed by atoms with Gasteiger partial charge in [0.25, 0.3) is 0 Å². The smallest absolute Gasteiger partial charge is 0.417 e. The van der Waals surface area contributed by atoms with Gasteiger partial charge in [0.1, 0.15) is 5.75 Å². The van der Waals surface area contributed by atoms with Gasteiger partial charge in [0.05, 0.1) is 10.6 Å². The minimum absolute atomic E-state index is 0.0395. The first-order chi connectivity index (χ1) is 12.7. The zero-order chi connectivity index (χ0) is 19.6. The van der Waals surface area contributed by atoms with E-state index in [1.165, 1.54) is 6.07 Å². The molecule has 144 valence electrons. The molecule has 9 heteroatoms.